The normalized spacial score (nSPS) is 16.3. The molecule has 1 heterocycles. The molecule has 1 aliphatic rings. The van der Waals surface area contributed by atoms with Crippen LogP contribution in [0, 0.1) is 7.14 Å². The van der Waals surface area contributed by atoms with Crippen molar-refractivity contribution in [1.29, 1.82) is 0 Å². The van der Waals surface area contributed by atoms with Crippen LogP contribution in [-0.4, -0.2) is 28.8 Å². The maximum absolute atomic E-state index is 12.3. The van der Waals surface area contributed by atoms with Gasteiger partial charge in [0.1, 0.15) is 5.75 Å². The van der Waals surface area contributed by atoms with E-state index in [-0.39, 0.29) is 5.91 Å². The number of carboxylic acids is 1. The van der Waals surface area contributed by atoms with Crippen molar-refractivity contribution >= 4 is 85.8 Å². The average molecular weight is 634 g/mol. The fourth-order valence-corrected chi connectivity index (χ4v) is 5.46. The number of hydrogen-bond acceptors (Lipinski definition) is 5. The predicted molar refractivity (Wildman–Crippen MR) is 132 cm³/mol. The standard InChI is InChI=1S/C20H16I2N2O4S/c1-2-11-3-5-13(6-4-11)23-20-24-19(27)16(29-20)9-12-7-14(21)18(15(22)8-12)28-10-17(25)26/h3-9H,2,10H2,1H3,(H,25,26)(H,23,24,27)/b16-9-. The van der Waals surface area contributed by atoms with Crippen molar-refractivity contribution in [2.24, 2.45) is 4.99 Å². The summed E-state index contributed by atoms with van der Waals surface area (Å²) in [4.78, 5) is 28.1. The fraction of sp³-hybridized carbons (Fsp3) is 0.150. The number of nitrogens with zero attached hydrogens (tertiary/aromatic N) is 1. The van der Waals surface area contributed by atoms with Crippen LogP contribution in [0.3, 0.4) is 0 Å². The van der Waals surface area contributed by atoms with E-state index in [0.717, 1.165) is 24.8 Å². The lowest BCUT2D eigenvalue weighted by atomic mass is 10.2. The van der Waals surface area contributed by atoms with Gasteiger partial charge in [-0.25, -0.2) is 9.79 Å². The summed E-state index contributed by atoms with van der Waals surface area (Å²) in [6.07, 6.45) is 2.75. The Bertz CT molecular complexity index is 997. The highest BCUT2D eigenvalue weighted by atomic mass is 127. The van der Waals surface area contributed by atoms with Crippen molar-refractivity contribution in [3.63, 3.8) is 0 Å². The van der Waals surface area contributed by atoms with Gasteiger partial charge in [0, 0.05) is 0 Å². The van der Waals surface area contributed by atoms with Crippen LogP contribution < -0.4 is 10.1 Å². The number of ether oxygens (including phenoxy) is 1. The van der Waals surface area contributed by atoms with Gasteiger partial charge in [0.2, 0.25) is 0 Å². The lowest BCUT2D eigenvalue weighted by molar-refractivity contribution is -0.139. The zero-order chi connectivity index (χ0) is 21.0. The summed E-state index contributed by atoms with van der Waals surface area (Å²) in [5, 5.41) is 12.1. The summed E-state index contributed by atoms with van der Waals surface area (Å²) in [6.45, 7) is 1.70. The summed E-state index contributed by atoms with van der Waals surface area (Å²) in [5.74, 6) is -0.704. The van der Waals surface area contributed by atoms with Crippen LogP contribution in [-0.2, 0) is 16.0 Å². The minimum absolute atomic E-state index is 0.199. The van der Waals surface area contributed by atoms with Crippen LogP contribution in [0.25, 0.3) is 6.08 Å². The molecular weight excluding hydrogens is 618 g/mol. The summed E-state index contributed by atoms with van der Waals surface area (Å²) >= 11 is 5.47. The molecule has 2 aromatic carbocycles. The van der Waals surface area contributed by atoms with Gasteiger partial charge in [0.15, 0.2) is 11.8 Å². The number of amidine groups is 1. The highest BCUT2D eigenvalue weighted by molar-refractivity contribution is 14.1. The highest BCUT2D eigenvalue weighted by Crippen LogP contribution is 2.32. The molecule has 0 radical (unpaired) electrons. The number of nitrogens with one attached hydrogen (secondary N) is 1. The maximum Gasteiger partial charge on any atom is 0.341 e. The zero-order valence-electron chi connectivity index (χ0n) is 15.2. The van der Waals surface area contributed by atoms with E-state index < -0.39 is 12.6 Å². The molecule has 0 aliphatic carbocycles. The topological polar surface area (TPSA) is 88.0 Å². The van der Waals surface area contributed by atoms with Crippen LogP contribution in [0.1, 0.15) is 18.1 Å². The van der Waals surface area contributed by atoms with Gasteiger partial charge in [0.05, 0.1) is 17.7 Å². The van der Waals surface area contributed by atoms with Crippen LogP contribution in [0.4, 0.5) is 5.69 Å². The molecule has 1 saturated heterocycles. The Morgan fingerprint density at radius 2 is 1.90 bits per heavy atom. The first-order valence-corrected chi connectivity index (χ1v) is 11.5. The number of thioether (sulfide) groups is 1. The molecule has 0 bridgehead atoms. The molecule has 3 rings (SSSR count). The minimum Gasteiger partial charge on any atom is -0.480 e. The number of aliphatic imine (C=N–C) groups is 1. The van der Waals surface area contributed by atoms with E-state index in [1.807, 2.05) is 36.4 Å². The molecule has 2 N–H and O–H groups in total. The van der Waals surface area contributed by atoms with Gasteiger partial charge in [-0.3, -0.25) is 4.79 Å². The molecule has 1 fully saturated rings. The Balaban J connectivity index is 1.79. The summed E-state index contributed by atoms with van der Waals surface area (Å²) in [5.41, 5.74) is 2.85. The van der Waals surface area contributed by atoms with E-state index in [1.54, 1.807) is 6.08 Å². The number of halogens is 2. The number of aliphatic carboxylic acids is 1. The Kier molecular flexibility index (Phi) is 7.57. The van der Waals surface area contributed by atoms with Crippen LogP contribution in [0.5, 0.6) is 5.75 Å². The van der Waals surface area contributed by atoms with Gasteiger partial charge >= 0.3 is 5.97 Å². The minimum atomic E-state index is -1.03. The highest BCUT2D eigenvalue weighted by Gasteiger charge is 2.24. The van der Waals surface area contributed by atoms with Crippen LogP contribution >= 0.6 is 56.9 Å². The second-order valence-corrected chi connectivity index (χ2v) is 9.35. The van der Waals surface area contributed by atoms with Crippen LogP contribution in [0.15, 0.2) is 46.3 Å². The number of rotatable bonds is 6. The molecule has 0 aromatic heterocycles. The number of amides is 1. The zero-order valence-corrected chi connectivity index (χ0v) is 20.4. The molecule has 6 nitrogen and oxygen atoms in total. The van der Waals surface area contributed by atoms with Crippen molar-refractivity contribution in [3.8, 4) is 5.75 Å². The third-order valence-corrected chi connectivity index (χ3v) is 6.40. The van der Waals surface area contributed by atoms with Gasteiger partial charge in [0.25, 0.3) is 5.91 Å². The number of benzene rings is 2. The van der Waals surface area contributed by atoms with Gasteiger partial charge < -0.3 is 15.2 Å². The van der Waals surface area contributed by atoms with Crippen molar-refractivity contribution in [1.82, 2.24) is 5.32 Å². The average Bonchev–Trinajstić information content (AvgIpc) is 3.00. The Labute approximate surface area is 199 Å². The van der Waals surface area contributed by atoms with Crippen molar-refractivity contribution in [2.45, 2.75) is 13.3 Å². The molecule has 9 heteroatoms. The molecule has 2 aromatic rings. The van der Waals surface area contributed by atoms with Gasteiger partial charge in [-0.15, -0.1) is 0 Å². The van der Waals surface area contributed by atoms with Crippen LogP contribution in [0.2, 0.25) is 0 Å². The molecule has 29 heavy (non-hydrogen) atoms. The largest absolute Gasteiger partial charge is 0.480 e. The lowest BCUT2D eigenvalue weighted by Gasteiger charge is -2.09. The summed E-state index contributed by atoms with van der Waals surface area (Å²) in [6, 6.07) is 11.6. The van der Waals surface area contributed by atoms with E-state index in [9.17, 15) is 9.59 Å². The van der Waals surface area contributed by atoms with Crippen molar-refractivity contribution in [2.75, 3.05) is 6.61 Å². The third kappa shape index (κ3) is 5.95. The van der Waals surface area contributed by atoms with E-state index in [0.29, 0.717) is 15.8 Å². The number of carbonyl (C=O) groups is 2. The third-order valence-electron chi connectivity index (χ3n) is 3.88. The van der Waals surface area contributed by atoms with Gasteiger partial charge in [-0.1, -0.05) is 19.1 Å². The second-order valence-electron chi connectivity index (χ2n) is 6.00. The molecule has 0 unspecified atom stereocenters. The number of hydrogen-bond donors (Lipinski definition) is 2. The first kappa shape index (κ1) is 22.1. The fourth-order valence-electron chi connectivity index (χ4n) is 2.49. The Hall–Kier alpha value is -1.60. The van der Waals surface area contributed by atoms with E-state index in [1.165, 1.54) is 17.3 Å². The van der Waals surface area contributed by atoms with Gasteiger partial charge in [-0.05, 0) is 105 Å². The number of carbonyl (C=O) groups excluding carboxylic acids is 1. The number of carboxylic acid groups (broad SMARTS) is 1. The predicted octanol–water partition coefficient (Wildman–Crippen LogP) is 4.81. The number of aryl methyl sites for hydroxylation is 1. The smallest absolute Gasteiger partial charge is 0.341 e. The summed E-state index contributed by atoms with van der Waals surface area (Å²) < 4.78 is 6.88. The van der Waals surface area contributed by atoms with Crippen molar-refractivity contribution in [3.05, 3.63) is 59.6 Å². The molecule has 1 aliphatic heterocycles. The maximum atomic E-state index is 12.3. The van der Waals surface area contributed by atoms with E-state index in [4.69, 9.17) is 9.84 Å². The molecule has 0 saturated carbocycles. The molecule has 0 atom stereocenters. The molecule has 1 amide bonds. The van der Waals surface area contributed by atoms with Crippen molar-refractivity contribution < 1.29 is 19.4 Å². The van der Waals surface area contributed by atoms with E-state index in [2.05, 4.69) is 62.4 Å². The van der Waals surface area contributed by atoms with Gasteiger partial charge in [-0.2, -0.15) is 0 Å². The molecule has 150 valence electrons. The Morgan fingerprint density at radius 1 is 1.24 bits per heavy atom. The monoisotopic (exact) mass is 634 g/mol. The molecule has 0 spiro atoms. The Morgan fingerprint density at radius 3 is 2.48 bits per heavy atom. The molecular formula is C20H16I2N2O4S. The summed E-state index contributed by atoms with van der Waals surface area (Å²) in [7, 11) is 0. The lowest BCUT2D eigenvalue weighted by Crippen LogP contribution is -2.19. The van der Waals surface area contributed by atoms with E-state index >= 15 is 0 Å². The first-order valence-electron chi connectivity index (χ1n) is 8.58. The quantitative estimate of drug-likeness (QED) is 0.352. The first-order chi connectivity index (χ1) is 13.9. The SMILES string of the molecule is CCc1ccc(N=C2NC(=O)/C(=C/c3cc(I)c(OCC(=O)O)c(I)c3)S2)cc1. The second kappa shape index (κ2) is 9.94.